The molecule has 4 rings (SSSR count). The van der Waals surface area contributed by atoms with Crippen LogP contribution in [0.4, 0.5) is 15.9 Å². The van der Waals surface area contributed by atoms with Crippen LogP contribution < -0.4 is 20.3 Å². The van der Waals surface area contributed by atoms with E-state index in [0.29, 0.717) is 43.9 Å². The minimum Gasteiger partial charge on any atom is -0.497 e. The van der Waals surface area contributed by atoms with Gasteiger partial charge in [0.2, 0.25) is 5.91 Å². The van der Waals surface area contributed by atoms with Gasteiger partial charge in [0.25, 0.3) is 5.91 Å². The first-order valence-corrected chi connectivity index (χ1v) is 11.2. The summed E-state index contributed by atoms with van der Waals surface area (Å²) in [5.41, 5.74) is 1.54. The van der Waals surface area contributed by atoms with E-state index in [9.17, 15) is 14.0 Å². The third-order valence-corrected chi connectivity index (χ3v) is 5.95. The van der Waals surface area contributed by atoms with Gasteiger partial charge >= 0.3 is 0 Å². The molecule has 2 heterocycles. The topological polar surface area (TPSA) is 83.6 Å². The average Bonchev–Trinajstić information content (AvgIpc) is 2.89. The fourth-order valence-corrected chi connectivity index (χ4v) is 3.94. The van der Waals surface area contributed by atoms with Crippen LogP contribution in [0.3, 0.4) is 0 Å². The summed E-state index contributed by atoms with van der Waals surface area (Å²) in [5, 5.41) is 5.61. The van der Waals surface area contributed by atoms with Gasteiger partial charge in [0.1, 0.15) is 17.4 Å². The first kappa shape index (κ1) is 23.2. The number of carbonyl (C=O) groups excluding carboxylic acids is 2. The minimum absolute atomic E-state index is 0.0430. The van der Waals surface area contributed by atoms with E-state index in [-0.39, 0.29) is 17.5 Å². The van der Waals surface area contributed by atoms with E-state index in [1.807, 2.05) is 24.3 Å². The van der Waals surface area contributed by atoms with E-state index in [1.54, 1.807) is 37.6 Å². The van der Waals surface area contributed by atoms with E-state index in [2.05, 4.69) is 20.5 Å². The first-order valence-electron chi connectivity index (χ1n) is 11.2. The van der Waals surface area contributed by atoms with Crippen molar-refractivity contribution in [1.82, 2.24) is 10.3 Å². The van der Waals surface area contributed by atoms with Crippen LogP contribution in [0.2, 0.25) is 0 Å². The molecule has 176 valence electrons. The van der Waals surface area contributed by atoms with Crippen molar-refractivity contribution < 1.29 is 18.7 Å². The molecule has 8 heteroatoms. The second kappa shape index (κ2) is 10.8. The minimum atomic E-state index is -0.488. The largest absolute Gasteiger partial charge is 0.497 e. The normalized spacial score (nSPS) is 13.9. The smallest absolute Gasteiger partial charge is 0.255 e. The van der Waals surface area contributed by atoms with Gasteiger partial charge in [0.05, 0.1) is 12.8 Å². The van der Waals surface area contributed by atoms with E-state index < -0.39 is 11.7 Å². The number of anilines is 2. The fraction of sp³-hybridized carbons (Fsp3) is 0.269. The van der Waals surface area contributed by atoms with Gasteiger partial charge in [0, 0.05) is 37.3 Å². The van der Waals surface area contributed by atoms with Crippen molar-refractivity contribution in [3.8, 4) is 5.75 Å². The Bertz CT molecular complexity index is 1140. The number of para-hydroxylation sites is 1. The monoisotopic (exact) mass is 462 g/mol. The zero-order chi connectivity index (χ0) is 23.9. The van der Waals surface area contributed by atoms with Gasteiger partial charge in [-0.25, -0.2) is 9.37 Å². The maximum absolute atomic E-state index is 13.8. The molecule has 1 saturated heterocycles. The van der Waals surface area contributed by atoms with E-state index in [1.165, 1.54) is 12.1 Å². The number of aromatic nitrogens is 1. The molecule has 0 aliphatic carbocycles. The molecule has 2 N–H and O–H groups in total. The fourth-order valence-electron chi connectivity index (χ4n) is 3.94. The lowest BCUT2D eigenvalue weighted by molar-refractivity contribution is -0.125. The van der Waals surface area contributed by atoms with Crippen molar-refractivity contribution in [2.24, 2.45) is 5.92 Å². The Morgan fingerprint density at radius 2 is 1.82 bits per heavy atom. The summed E-state index contributed by atoms with van der Waals surface area (Å²) in [6.45, 7) is 1.79. The Morgan fingerprint density at radius 3 is 2.53 bits per heavy atom. The predicted octanol–water partition coefficient (Wildman–Crippen LogP) is 4.01. The highest BCUT2D eigenvalue weighted by Crippen LogP contribution is 2.23. The van der Waals surface area contributed by atoms with Crippen LogP contribution in [-0.4, -0.2) is 37.0 Å². The maximum atomic E-state index is 13.8. The van der Waals surface area contributed by atoms with Crippen molar-refractivity contribution in [2.45, 2.75) is 19.4 Å². The Balaban J connectivity index is 1.30. The van der Waals surface area contributed by atoms with Crippen LogP contribution in [-0.2, 0) is 11.3 Å². The summed E-state index contributed by atoms with van der Waals surface area (Å²) in [5.74, 6) is 0.533. The second-order valence-electron chi connectivity index (χ2n) is 8.16. The highest BCUT2D eigenvalue weighted by atomic mass is 19.1. The molecule has 34 heavy (non-hydrogen) atoms. The third kappa shape index (κ3) is 5.70. The summed E-state index contributed by atoms with van der Waals surface area (Å²) in [6, 6.07) is 16.9. The summed E-state index contributed by atoms with van der Waals surface area (Å²) in [6.07, 6.45) is 2.96. The number of nitrogens with one attached hydrogen (secondary N) is 2. The number of hydrogen-bond acceptors (Lipinski definition) is 5. The summed E-state index contributed by atoms with van der Waals surface area (Å²) < 4.78 is 19.0. The Kier molecular flexibility index (Phi) is 7.37. The van der Waals surface area contributed by atoms with Crippen LogP contribution in [0, 0.1) is 11.7 Å². The highest BCUT2D eigenvalue weighted by Gasteiger charge is 2.26. The molecule has 0 atom stereocenters. The lowest BCUT2D eigenvalue weighted by Gasteiger charge is -2.32. The number of amides is 2. The SMILES string of the molecule is COc1ccc(CNC(=O)C2CCN(c3cc(C(=O)Nc4ccccc4F)ccn3)CC2)cc1. The molecule has 1 aliphatic rings. The number of ether oxygens (including phenoxy) is 1. The molecule has 0 bridgehead atoms. The lowest BCUT2D eigenvalue weighted by Crippen LogP contribution is -2.40. The molecular formula is C26H27FN4O3. The van der Waals surface area contributed by atoms with E-state index in [4.69, 9.17) is 4.74 Å². The standard InChI is InChI=1S/C26H27FN4O3/c1-34-21-8-6-18(7-9-21)17-29-25(32)19-11-14-31(15-12-19)24-16-20(10-13-28-24)26(33)30-23-5-3-2-4-22(23)27/h2-10,13,16,19H,11-12,14-15,17H2,1H3,(H,29,32)(H,30,33). The van der Waals surface area contributed by atoms with Crippen LogP contribution in [0.5, 0.6) is 5.75 Å². The highest BCUT2D eigenvalue weighted by molar-refractivity contribution is 6.04. The zero-order valence-electron chi connectivity index (χ0n) is 19.0. The van der Waals surface area contributed by atoms with Crippen molar-refractivity contribution >= 4 is 23.3 Å². The van der Waals surface area contributed by atoms with Crippen LogP contribution in [0.15, 0.2) is 66.9 Å². The summed E-state index contributed by atoms with van der Waals surface area (Å²) in [7, 11) is 1.62. The predicted molar refractivity (Wildman–Crippen MR) is 128 cm³/mol. The number of halogens is 1. The number of rotatable bonds is 7. The molecule has 1 aliphatic heterocycles. The molecule has 2 aromatic carbocycles. The van der Waals surface area contributed by atoms with E-state index in [0.717, 1.165) is 11.3 Å². The Morgan fingerprint density at radius 1 is 1.09 bits per heavy atom. The van der Waals surface area contributed by atoms with Crippen LogP contribution in [0.25, 0.3) is 0 Å². The van der Waals surface area contributed by atoms with Crippen molar-refractivity contribution in [3.05, 3.63) is 83.8 Å². The first-order chi connectivity index (χ1) is 16.5. The van der Waals surface area contributed by atoms with Gasteiger partial charge in [0.15, 0.2) is 0 Å². The molecule has 0 unspecified atom stereocenters. The average molecular weight is 463 g/mol. The molecule has 2 amide bonds. The van der Waals surface area contributed by atoms with Gasteiger partial charge in [-0.1, -0.05) is 24.3 Å². The molecule has 1 aromatic heterocycles. The summed E-state index contributed by atoms with van der Waals surface area (Å²) in [4.78, 5) is 31.7. The molecular weight excluding hydrogens is 435 g/mol. The van der Waals surface area contributed by atoms with Gasteiger partial charge in [-0.05, 0) is 54.8 Å². The lowest BCUT2D eigenvalue weighted by atomic mass is 9.95. The molecule has 7 nitrogen and oxygen atoms in total. The molecule has 1 fully saturated rings. The maximum Gasteiger partial charge on any atom is 0.255 e. The molecule has 0 saturated carbocycles. The molecule has 3 aromatic rings. The Labute approximate surface area is 198 Å². The van der Waals surface area contributed by atoms with Gasteiger partial charge in [-0.15, -0.1) is 0 Å². The van der Waals surface area contributed by atoms with Crippen molar-refractivity contribution in [3.63, 3.8) is 0 Å². The van der Waals surface area contributed by atoms with Gasteiger partial charge < -0.3 is 20.3 Å². The number of carbonyl (C=O) groups is 2. The molecule has 0 radical (unpaired) electrons. The third-order valence-electron chi connectivity index (χ3n) is 5.95. The van der Waals surface area contributed by atoms with Gasteiger partial charge in [-0.3, -0.25) is 9.59 Å². The van der Waals surface area contributed by atoms with Crippen LogP contribution in [0.1, 0.15) is 28.8 Å². The number of pyridine rings is 1. The quantitative estimate of drug-likeness (QED) is 0.554. The molecule has 0 spiro atoms. The van der Waals surface area contributed by atoms with E-state index >= 15 is 0 Å². The number of piperidine rings is 1. The number of benzene rings is 2. The summed E-state index contributed by atoms with van der Waals surface area (Å²) >= 11 is 0. The zero-order valence-corrected chi connectivity index (χ0v) is 19.0. The number of hydrogen-bond donors (Lipinski definition) is 2. The van der Waals surface area contributed by atoms with Crippen LogP contribution >= 0.6 is 0 Å². The van der Waals surface area contributed by atoms with Crippen molar-refractivity contribution in [2.75, 3.05) is 30.4 Å². The van der Waals surface area contributed by atoms with Crippen molar-refractivity contribution in [1.29, 1.82) is 0 Å². The van der Waals surface area contributed by atoms with Gasteiger partial charge in [-0.2, -0.15) is 0 Å². The second-order valence-corrected chi connectivity index (χ2v) is 8.16. The number of nitrogens with zero attached hydrogens (tertiary/aromatic N) is 2. The Hall–Kier alpha value is -3.94. The number of methoxy groups -OCH3 is 1.